The Morgan fingerprint density at radius 3 is 2.41 bits per heavy atom. The van der Waals surface area contributed by atoms with Crippen LogP contribution in [-0.4, -0.2) is 13.1 Å². The molecule has 4 N–H and O–H groups in total. The summed E-state index contributed by atoms with van der Waals surface area (Å²) in [6.45, 7) is 5.91. The van der Waals surface area contributed by atoms with E-state index >= 15 is 0 Å². The minimum atomic E-state index is 0.469. The zero-order valence-electron chi connectivity index (χ0n) is 11.1. The lowest BCUT2D eigenvalue weighted by molar-refractivity contribution is 0.446. The van der Waals surface area contributed by atoms with Gasteiger partial charge in [-0.2, -0.15) is 0 Å². The van der Waals surface area contributed by atoms with Crippen molar-refractivity contribution in [2.45, 2.75) is 45.4 Å². The maximum atomic E-state index is 5.74. The highest BCUT2D eigenvalue weighted by atomic mass is 32.1. The summed E-state index contributed by atoms with van der Waals surface area (Å²) in [5, 5.41) is 0. The molecule has 0 amide bonds. The van der Waals surface area contributed by atoms with Crippen molar-refractivity contribution in [3.05, 3.63) is 21.9 Å². The van der Waals surface area contributed by atoms with E-state index in [9.17, 15) is 0 Å². The molecule has 0 bridgehead atoms. The monoisotopic (exact) mass is 254 g/mol. The average molecular weight is 254 g/mol. The molecule has 0 aromatic carbocycles. The van der Waals surface area contributed by atoms with Gasteiger partial charge < -0.3 is 11.5 Å². The van der Waals surface area contributed by atoms with E-state index in [1.807, 2.05) is 11.3 Å². The van der Waals surface area contributed by atoms with Gasteiger partial charge >= 0.3 is 0 Å². The molecule has 1 unspecified atom stereocenters. The number of aryl methyl sites for hydroxylation is 1. The van der Waals surface area contributed by atoms with Crippen molar-refractivity contribution in [2.24, 2.45) is 17.4 Å². The summed E-state index contributed by atoms with van der Waals surface area (Å²) in [6, 6.07) is 4.58. The van der Waals surface area contributed by atoms with E-state index < -0.39 is 0 Å². The topological polar surface area (TPSA) is 52.0 Å². The molecule has 1 aromatic rings. The second-order valence-corrected chi connectivity index (χ2v) is 5.93. The highest BCUT2D eigenvalue weighted by molar-refractivity contribution is 7.12. The molecule has 3 heteroatoms. The Morgan fingerprint density at radius 2 is 1.88 bits per heavy atom. The summed E-state index contributed by atoms with van der Waals surface area (Å²) < 4.78 is 0. The molecule has 1 rings (SSSR count). The van der Waals surface area contributed by atoms with Gasteiger partial charge in [0.05, 0.1) is 0 Å². The fraction of sp³-hybridized carbons (Fsp3) is 0.714. The molecule has 0 radical (unpaired) electrons. The van der Waals surface area contributed by atoms with E-state index in [1.54, 1.807) is 0 Å². The molecule has 0 aliphatic heterocycles. The summed E-state index contributed by atoms with van der Waals surface area (Å²) in [7, 11) is 0. The fourth-order valence-corrected chi connectivity index (χ4v) is 3.48. The molecule has 0 spiro atoms. The lowest BCUT2D eigenvalue weighted by Gasteiger charge is -2.19. The molecule has 1 heterocycles. The predicted octanol–water partition coefficient (Wildman–Crippen LogP) is 3.12. The Balaban J connectivity index is 2.64. The number of nitrogens with two attached hydrogens (primary N) is 2. The normalized spacial score (nSPS) is 13.2. The van der Waals surface area contributed by atoms with E-state index in [4.69, 9.17) is 11.5 Å². The van der Waals surface area contributed by atoms with Crippen LogP contribution < -0.4 is 11.5 Å². The molecule has 2 nitrogen and oxygen atoms in total. The van der Waals surface area contributed by atoms with Crippen molar-refractivity contribution in [3.63, 3.8) is 0 Å². The smallest absolute Gasteiger partial charge is 0.00791 e. The van der Waals surface area contributed by atoms with Crippen molar-refractivity contribution < 1.29 is 0 Å². The predicted molar refractivity (Wildman–Crippen MR) is 77.6 cm³/mol. The van der Waals surface area contributed by atoms with Gasteiger partial charge in [-0.25, -0.2) is 0 Å². The quantitative estimate of drug-likeness (QED) is 0.749. The average Bonchev–Trinajstić information content (AvgIpc) is 2.80. The van der Waals surface area contributed by atoms with E-state index in [-0.39, 0.29) is 0 Å². The van der Waals surface area contributed by atoms with Crippen molar-refractivity contribution in [1.82, 2.24) is 0 Å². The third-order valence-corrected chi connectivity index (χ3v) is 4.67. The Kier molecular flexibility index (Phi) is 6.78. The zero-order valence-corrected chi connectivity index (χ0v) is 11.9. The Labute approximate surface area is 109 Å². The Morgan fingerprint density at radius 1 is 1.18 bits per heavy atom. The maximum absolute atomic E-state index is 5.74. The highest BCUT2D eigenvalue weighted by Crippen LogP contribution is 2.32. The molecule has 0 aliphatic carbocycles. The Bertz CT molecular complexity index is 305. The van der Waals surface area contributed by atoms with Crippen molar-refractivity contribution in [2.75, 3.05) is 13.1 Å². The van der Waals surface area contributed by atoms with Gasteiger partial charge in [-0.1, -0.05) is 20.3 Å². The standard InChI is InChI=1S/C14H26N2S/c1-3-5-13-6-7-14(17-13)12(4-2)8-11(9-15)10-16/h6-7,11-12H,3-5,8-10,15-16H2,1-2H3. The maximum Gasteiger partial charge on any atom is 0.00791 e. The van der Waals surface area contributed by atoms with Crippen LogP contribution in [0, 0.1) is 5.92 Å². The third-order valence-electron chi connectivity index (χ3n) is 3.36. The minimum absolute atomic E-state index is 0.469. The van der Waals surface area contributed by atoms with E-state index in [0.717, 1.165) is 6.42 Å². The number of thiophene rings is 1. The lowest BCUT2D eigenvalue weighted by atomic mass is 9.91. The van der Waals surface area contributed by atoms with Crippen LogP contribution in [0.25, 0.3) is 0 Å². The number of hydrogen-bond acceptors (Lipinski definition) is 3. The van der Waals surface area contributed by atoms with Crippen LogP contribution in [0.5, 0.6) is 0 Å². The van der Waals surface area contributed by atoms with E-state index in [2.05, 4.69) is 26.0 Å². The van der Waals surface area contributed by atoms with Crippen LogP contribution in [0.2, 0.25) is 0 Å². The lowest BCUT2D eigenvalue weighted by Crippen LogP contribution is -2.24. The van der Waals surface area contributed by atoms with Crippen LogP contribution in [0.3, 0.4) is 0 Å². The summed E-state index contributed by atoms with van der Waals surface area (Å²) >= 11 is 1.97. The van der Waals surface area contributed by atoms with E-state index in [1.165, 1.54) is 29.0 Å². The van der Waals surface area contributed by atoms with Gasteiger partial charge in [0, 0.05) is 9.75 Å². The number of rotatable bonds is 8. The first kappa shape index (κ1) is 14.7. The molecule has 1 aromatic heterocycles. The largest absolute Gasteiger partial charge is 0.330 e. The van der Waals surface area contributed by atoms with Crippen LogP contribution >= 0.6 is 11.3 Å². The van der Waals surface area contributed by atoms with Gasteiger partial charge in [0.15, 0.2) is 0 Å². The molecule has 0 saturated heterocycles. The molecule has 17 heavy (non-hydrogen) atoms. The van der Waals surface area contributed by atoms with Gasteiger partial charge in [0.1, 0.15) is 0 Å². The molecular formula is C14H26N2S. The SMILES string of the molecule is CCCc1ccc(C(CC)CC(CN)CN)s1. The molecule has 0 aliphatic rings. The first-order chi connectivity index (χ1) is 8.24. The first-order valence-electron chi connectivity index (χ1n) is 6.73. The van der Waals surface area contributed by atoms with Gasteiger partial charge in [-0.15, -0.1) is 11.3 Å². The van der Waals surface area contributed by atoms with Crippen molar-refractivity contribution in [3.8, 4) is 0 Å². The van der Waals surface area contributed by atoms with Gasteiger partial charge in [0.2, 0.25) is 0 Å². The molecule has 0 saturated carbocycles. The second kappa shape index (κ2) is 7.85. The first-order valence-corrected chi connectivity index (χ1v) is 7.55. The van der Waals surface area contributed by atoms with Gasteiger partial charge in [-0.3, -0.25) is 0 Å². The second-order valence-electron chi connectivity index (χ2n) is 4.73. The fourth-order valence-electron chi connectivity index (χ4n) is 2.17. The summed E-state index contributed by atoms with van der Waals surface area (Å²) in [5.74, 6) is 1.11. The summed E-state index contributed by atoms with van der Waals surface area (Å²) in [6.07, 6.45) is 4.75. The molecule has 1 atom stereocenters. The molecule has 0 fully saturated rings. The third kappa shape index (κ3) is 4.41. The summed E-state index contributed by atoms with van der Waals surface area (Å²) in [4.78, 5) is 3.03. The van der Waals surface area contributed by atoms with Crippen molar-refractivity contribution in [1.29, 1.82) is 0 Å². The van der Waals surface area contributed by atoms with Crippen LogP contribution in [0.15, 0.2) is 12.1 Å². The zero-order chi connectivity index (χ0) is 12.7. The van der Waals surface area contributed by atoms with Crippen LogP contribution in [0.4, 0.5) is 0 Å². The van der Waals surface area contributed by atoms with Crippen LogP contribution in [0.1, 0.15) is 48.8 Å². The Hall–Kier alpha value is -0.380. The van der Waals surface area contributed by atoms with Gasteiger partial charge in [0.25, 0.3) is 0 Å². The van der Waals surface area contributed by atoms with Crippen LogP contribution in [-0.2, 0) is 6.42 Å². The summed E-state index contributed by atoms with van der Waals surface area (Å²) in [5.41, 5.74) is 11.5. The van der Waals surface area contributed by atoms with Gasteiger partial charge in [-0.05, 0) is 56.3 Å². The van der Waals surface area contributed by atoms with E-state index in [0.29, 0.717) is 24.9 Å². The number of hydrogen-bond donors (Lipinski definition) is 2. The highest BCUT2D eigenvalue weighted by Gasteiger charge is 2.16. The molecule has 98 valence electrons. The van der Waals surface area contributed by atoms with Crippen molar-refractivity contribution >= 4 is 11.3 Å². The minimum Gasteiger partial charge on any atom is -0.330 e. The molecular weight excluding hydrogens is 228 g/mol.